The lowest BCUT2D eigenvalue weighted by Gasteiger charge is -2.30. The normalized spacial score (nSPS) is 27.9. The predicted molar refractivity (Wildman–Crippen MR) is 58.2 cm³/mol. The molecule has 3 nitrogen and oxygen atoms in total. The van der Waals surface area contributed by atoms with E-state index in [0.717, 1.165) is 19.6 Å². The molecule has 1 aromatic rings. The summed E-state index contributed by atoms with van der Waals surface area (Å²) >= 11 is 0. The van der Waals surface area contributed by atoms with Crippen molar-refractivity contribution in [1.82, 2.24) is 9.88 Å². The lowest BCUT2D eigenvalue weighted by Crippen LogP contribution is -2.39. The van der Waals surface area contributed by atoms with Gasteiger partial charge in [0.05, 0.1) is 0 Å². The molecule has 3 heteroatoms. The van der Waals surface area contributed by atoms with Crippen LogP contribution in [0.2, 0.25) is 0 Å². The molecule has 0 aliphatic carbocycles. The van der Waals surface area contributed by atoms with Crippen LogP contribution in [0.25, 0.3) is 0 Å². The zero-order valence-electron chi connectivity index (χ0n) is 8.74. The third-order valence-electron chi connectivity index (χ3n) is 3.19. The standard InChI is InChI=1S/C11H19N3/c1-14-5-3-9(8-14)11-2-4-13-7-10(11)6-12/h3,5,8,10-11,13H,2,4,6-7,12H2,1H3. The Balaban J connectivity index is 2.14. The zero-order chi connectivity index (χ0) is 9.97. The van der Waals surface area contributed by atoms with E-state index in [4.69, 9.17) is 5.73 Å². The van der Waals surface area contributed by atoms with Gasteiger partial charge >= 0.3 is 0 Å². The predicted octanol–water partition coefficient (Wildman–Crippen LogP) is 0.677. The number of piperidine rings is 1. The Morgan fingerprint density at radius 1 is 1.64 bits per heavy atom. The van der Waals surface area contributed by atoms with E-state index in [2.05, 4.69) is 35.4 Å². The summed E-state index contributed by atoms with van der Waals surface area (Å²) < 4.78 is 2.12. The van der Waals surface area contributed by atoms with Crippen molar-refractivity contribution in [3.8, 4) is 0 Å². The average Bonchev–Trinajstić information content (AvgIpc) is 2.65. The van der Waals surface area contributed by atoms with Gasteiger partial charge in [0.15, 0.2) is 0 Å². The molecular formula is C11H19N3. The molecule has 1 fully saturated rings. The second-order valence-electron chi connectivity index (χ2n) is 4.21. The number of nitrogens with one attached hydrogen (secondary N) is 1. The fourth-order valence-electron chi connectivity index (χ4n) is 2.35. The molecule has 0 spiro atoms. The van der Waals surface area contributed by atoms with Crippen LogP contribution in [0.1, 0.15) is 17.9 Å². The molecule has 0 radical (unpaired) electrons. The highest BCUT2D eigenvalue weighted by atomic mass is 14.9. The summed E-state index contributed by atoms with van der Waals surface area (Å²) in [5.41, 5.74) is 7.24. The first-order valence-electron chi connectivity index (χ1n) is 5.34. The molecule has 2 heterocycles. The molecule has 0 aromatic carbocycles. The highest BCUT2D eigenvalue weighted by molar-refractivity contribution is 5.18. The first-order chi connectivity index (χ1) is 6.81. The van der Waals surface area contributed by atoms with Gasteiger partial charge in [-0.05, 0) is 49.5 Å². The van der Waals surface area contributed by atoms with Gasteiger partial charge < -0.3 is 15.6 Å². The SMILES string of the molecule is Cn1ccc(C2CCNCC2CN)c1. The number of aromatic nitrogens is 1. The van der Waals surface area contributed by atoms with Crippen molar-refractivity contribution in [2.24, 2.45) is 18.7 Å². The summed E-state index contributed by atoms with van der Waals surface area (Å²) in [6.45, 7) is 2.97. The van der Waals surface area contributed by atoms with E-state index in [0.29, 0.717) is 11.8 Å². The van der Waals surface area contributed by atoms with Gasteiger partial charge in [-0.25, -0.2) is 0 Å². The van der Waals surface area contributed by atoms with Crippen LogP contribution in [0.15, 0.2) is 18.5 Å². The molecule has 2 rings (SSSR count). The molecule has 1 aliphatic heterocycles. The van der Waals surface area contributed by atoms with Gasteiger partial charge in [-0.15, -0.1) is 0 Å². The van der Waals surface area contributed by atoms with Crippen LogP contribution in [-0.4, -0.2) is 24.2 Å². The van der Waals surface area contributed by atoms with Crippen LogP contribution in [0.5, 0.6) is 0 Å². The lowest BCUT2D eigenvalue weighted by atomic mass is 9.82. The van der Waals surface area contributed by atoms with Crippen molar-refractivity contribution in [1.29, 1.82) is 0 Å². The lowest BCUT2D eigenvalue weighted by molar-refractivity contribution is 0.333. The molecule has 0 amide bonds. The first kappa shape index (κ1) is 9.74. The summed E-state index contributed by atoms with van der Waals surface area (Å²) in [6, 6.07) is 2.22. The van der Waals surface area contributed by atoms with Crippen LogP contribution in [-0.2, 0) is 7.05 Å². The summed E-state index contributed by atoms with van der Waals surface area (Å²) in [5, 5.41) is 3.41. The Labute approximate surface area is 85.3 Å². The smallest absolute Gasteiger partial charge is 0.0106 e. The summed E-state index contributed by atoms with van der Waals surface area (Å²) in [6.07, 6.45) is 5.55. The van der Waals surface area contributed by atoms with E-state index in [-0.39, 0.29) is 0 Å². The summed E-state index contributed by atoms with van der Waals surface area (Å²) in [7, 11) is 2.07. The highest BCUT2D eigenvalue weighted by Crippen LogP contribution is 2.29. The molecule has 2 unspecified atom stereocenters. The van der Waals surface area contributed by atoms with E-state index < -0.39 is 0 Å². The van der Waals surface area contributed by atoms with Gasteiger partial charge in [0.1, 0.15) is 0 Å². The van der Waals surface area contributed by atoms with Gasteiger partial charge in [0.2, 0.25) is 0 Å². The number of hydrogen-bond donors (Lipinski definition) is 2. The maximum atomic E-state index is 5.79. The third kappa shape index (κ3) is 1.83. The molecule has 2 atom stereocenters. The van der Waals surface area contributed by atoms with E-state index in [1.54, 1.807) is 0 Å². The fraction of sp³-hybridized carbons (Fsp3) is 0.636. The largest absolute Gasteiger partial charge is 0.357 e. The van der Waals surface area contributed by atoms with Gasteiger partial charge in [-0.2, -0.15) is 0 Å². The number of nitrogens with two attached hydrogens (primary N) is 1. The van der Waals surface area contributed by atoms with Gasteiger partial charge in [-0.3, -0.25) is 0 Å². The van der Waals surface area contributed by atoms with Crippen molar-refractivity contribution in [3.63, 3.8) is 0 Å². The minimum absolute atomic E-state index is 0.603. The molecule has 14 heavy (non-hydrogen) atoms. The number of aryl methyl sites for hydroxylation is 1. The van der Waals surface area contributed by atoms with Gasteiger partial charge in [0, 0.05) is 19.4 Å². The van der Waals surface area contributed by atoms with Crippen molar-refractivity contribution in [3.05, 3.63) is 24.0 Å². The maximum absolute atomic E-state index is 5.79. The minimum Gasteiger partial charge on any atom is -0.357 e. The summed E-state index contributed by atoms with van der Waals surface area (Å²) in [4.78, 5) is 0. The zero-order valence-corrected chi connectivity index (χ0v) is 8.74. The summed E-state index contributed by atoms with van der Waals surface area (Å²) in [5.74, 6) is 1.26. The Kier molecular flexibility index (Phi) is 2.89. The minimum atomic E-state index is 0.603. The van der Waals surface area contributed by atoms with E-state index >= 15 is 0 Å². The van der Waals surface area contributed by atoms with Gasteiger partial charge in [0.25, 0.3) is 0 Å². The Morgan fingerprint density at radius 2 is 2.50 bits per heavy atom. The Hall–Kier alpha value is -0.800. The van der Waals surface area contributed by atoms with Crippen LogP contribution >= 0.6 is 0 Å². The first-order valence-corrected chi connectivity index (χ1v) is 5.34. The molecule has 3 N–H and O–H groups in total. The second kappa shape index (κ2) is 4.15. The van der Waals surface area contributed by atoms with E-state index in [1.807, 2.05) is 0 Å². The molecule has 1 aromatic heterocycles. The number of rotatable bonds is 2. The number of nitrogens with zero attached hydrogens (tertiary/aromatic N) is 1. The molecule has 1 saturated heterocycles. The fourth-order valence-corrected chi connectivity index (χ4v) is 2.35. The highest BCUT2D eigenvalue weighted by Gasteiger charge is 2.25. The van der Waals surface area contributed by atoms with Crippen molar-refractivity contribution >= 4 is 0 Å². The average molecular weight is 193 g/mol. The van der Waals surface area contributed by atoms with Gasteiger partial charge in [-0.1, -0.05) is 0 Å². The third-order valence-corrected chi connectivity index (χ3v) is 3.19. The Bertz CT molecular complexity index is 292. The monoisotopic (exact) mass is 193 g/mol. The molecule has 0 bridgehead atoms. The quantitative estimate of drug-likeness (QED) is 0.725. The van der Waals surface area contributed by atoms with E-state index in [9.17, 15) is 0 Å². The van der Waals surface area contributed by atoms with Crippen molar-refractivity contribution < 1.29 is 0 Å². The Morgan fingerprint density at radius 3 is 3.14 bits per heavy atom. The molecule has 0 saturated carbocycles. The number of hydrogen-bond acceptors (Lipinski definition) is 2. The van der Waals surface area contributed by atoms with Crippen LogP contribution in [0.3, 0.4) is 0 Å². The maximum Gasteiger partial charge on any atom is 0.0106 e. The van der Waals surface area contributed by atoms with E-state index in [1.165, 1.54) is 12.0 Å². The molecule has 1 aliphatic rings. The topological polar surface area (TPSA) is 43.0 Å². The molecular weight excluding hydrogens is 174 g/mol. The molecule has 78 valence electrons. The van der Waals surface area contributed by atoms with Crippen LogP contribution in [0, 0.1) is 5.92 Å². The van der Waals surface area contributed by atoms with Crippen LogP contribution in [0.4, 0.5) is 0 Å². The second-order valence-corrected chi connectivity index (χ2v) is 4.21. The van der Waals surface area contributed by atoms with Crippen molar-refractivity contribution in [2.75, 3.05) is 19.6 Å². The van der Waals surface area contributed by atoms with Crippen molar-refractivity contribution in [2.45, 2.75) is 12.3 Å². The van der Waals surface area contributed by atoms with Crippen LogP contribution < -0.4 is 11.1 Å².